The minimum atomic E-state index is -0.170. The molecule has 3 nitrogen and oxygen atoms in total. The number of carbonyl (C=O) groups excluding carboxylic acids is 1. The van der Waals surface area contributed by atoms with Crippen molar-refractivity contribution in [3.8, 4) is 16.9 Å². The molecule has 0 heterocycles. The van der Waals surface area contributed by atoms with Crippen molar-refractivity contribution in [3.05, 3.63) is 84.4 Å². The molecule has 0 radical (unpaired) electrons. The molecule has 3 heteroatoms. The number of carbonyl (C=O) groups is 1. The van der Waals surface area contributed by atoms with Crippen LogP contribution in [0, 0.1) is 6.92 Å². The van der Waals surface area contributed by atoms with Gasteiger partial charge >= 0.3 is 0 Å². The molecular weight excluding hydrogens is 298 g/mol. The molecule has 0 spiro atoms. The fraction of sp³-hybridized carbons (Fsp3) is 0.0952. The Bertz CT molecular complexity index is 811. The summed E-state index contributed by atoms with van der Waals surface area (Å²) in [6.07, 6.45) is 0. The van der Waals surface area contributed by atoms with Crippen LogP contribution >= 0.6 is 0 Å². The average Bonchev–Trinajstić information content (AvgIpc) is 2.63. The zero-order valence-electron chi connectivity index (χ0n) is 13.5. The van der Waals surface area contributed by atoms with Crippen molar-refractivity contribution in [2.75, 3.05) is 11.9 Å². The number of hydrogen-bond acceptors (Lipinski definition) is 2. The molecule has 3 aromatic rings. The molecule has 0 bridgehead atoms. The Morgan fingerprint density at radius 3 is 2.17 bits per heavy atom. The lowest BCUT2D eigenvalue weighted by Crippen LogP contribution is -2.20. The van der Waals surface area contributed by atoms with E-state index in [1.165, 1.54) is 0 Å². The molecule has 0 saturated carbocycles. The third-order valence-electron chi connectivity index (χ3n) is 3.75. The Labute approximate surface area is 141 Å². The highest BCUT2D eigenvalue weighted by atomic mass is 16.5. The first-order valence-corrected chi connectivity index (χ1v) is 7.86. The molecule has 0 aromatic heterocycles. The highest BCUT2D eigenvalue weighted by Crippen LogP contribution is 2.22. The first kappa shape index (κ1) is 15.8. The van der Waals surface area contributed by atoms with Gasteiger partial charge in [0.2, 0.25) is 0 Å². The summed E-state index contributed by atoms with van der Waals surface area (Å²) in [5.74, 6) is 0.506. The molecule has 3 aromatic carbocycles. The number of para-hydroxylation sites is 1. The SMILES string of the molecule is Cc1ccccc1NC(=O)COc1ccc(-c2ccccc2)cc1. The molecule has 3 rings (SSSR count). The van der Waals surface area contributed by atoms with Crippen molar-refractivity contribution in [2.45, 2.75) is 6.92 Å². The van der Waals surface area contributed by atoms with Gasteiger partial charge in [-0.05, 0) is 41.8 Å². The normalized spacial score (nSPS) is 10.2. The zero-order valence-corrected chi connectivity index (χ0v) is 13.5. The Balaban J connectivity index is 1.57. The van der Waals surface area contributed by atoms with E-state index < -0.39 is 0 Å². The van der Waals surface area contributed by atoms with E-state index in [1.807, 2.05) is 73.7 Å². The van der Waals surface area contributed by atoms with Gasteiger partial charge in [-0.15, -0.1) is 0 Å². The third-order valence-corrected chi connectivity index (χ3v) is 3.75. The van der Waals surface area contributed by atoms with E-state index in [4.69, 9.17) is 4.74 Å². The molecule has 0 aliphatic heterocycles. The van der Waals surface area contributed by atoms with Gasteiger partial charge in [-0.3, -0.25) is 4.79 Å². The number of ether oxygens (including phenoxy) is 1. The summed E-state index contributed by atoms with van der Waals surface area (Å²) < 4.78 is 5.56. The largest absolute Gasteiger partial charge is 0.484 e. The van der Waals surface area contributed by atoms with Crippen molar-refractivity contribution in [1.82, 2.24) is 0 Å². The van der Waals surface area contributed by atoms with Gasteiger partial charge in [-0.1, -0.05) is 60.7 Å². The summed E-state index contributed by atoms with van der Waals surface area (Å²) in [7, 11) is 0. The van der Waals surface area contributed by atoms with E-state index in [0.717, 1.165) is 22.4 Å². The quantitative estimate of drug-likeness (QED) is 0.742. The number of hydrogen-bond donors (Lipinski definition) is 1. The van der Waals surface area contributed by atoms with Gasteiger partial charge in [0.15, 0.2) is 6.61 Å². The van der Waals surface area contributed by atoms with Gasteiger partial charge in [0.1, 0.15) is 5.75 Å². The maximum Gasteiger partial charge on any atom is 0.262 e. The van der Waals surface area contributed by atoms with Crippen LogP contribution in [0.2, 0.25) is 0 Å². The van der Waals surface area contributed by atoms with E-state index in [9.17, 15) is 4.79 Å². The molecule has 0 aliphatic carbocycles. The summed E-state index contributed by atoms with van der Waals surface area (Å²) in [6, 6.07) is 25.5. The Hall–Kier alpha value is -3.07. The molecule has 0 aliphatic rings. The molecular formula is C21H19NO2. The molecule has 120 valence electrons. The lowest BCUT2D eigenvalue weighted by molar-refractivity contribution is -0.118. The average molecular weight is 317 g/mol. The summed E-state index contributed by atoms with van der Waals surface area (Å²) in [6.45, 7) is 1.94. The molecule has 1 N–H and O–H groups in total. The predicted octanol–water partition coefficient (Wildman–Crippen LogP) is 4.68. The van der Waals surface area contributed by atoms with E-state index in [-0.39, 0.29) is 12.5 Å². The topological polar surface area (TPSA) is 38.3 Å². The maximum atomic E-state index is 12.0. The number of nitrogens with one attached hydrogen (secondary N) is 1. The Kier molecular flexibility index (Phi) is 4.92. The molecule has 0 unspecified atom stereocenters. The van der Waals surface area contributed by atoms with Crippen LogP contribution in [0.1, 0.15) is 5.56 Å². The predicted molar refractivity (Wildman–Crippen MR) is 97.2 cm³/mol. The number of anilines is 1. The third kappa shape index (κ3) is 4.02. The summed E-state index contributed by atoms with van der Waals surface area (Å²) in [4.78, 5) is 12.0. The van der Waals surface area contributed by atoms with Crippen LogP contribution < -0.4 is 10.1 Å². The summed E-state index contributed by atoms with van der Waals surface area (Å²) >= 11 is 0. The van der Waals surface area contributed by atoms with Crippen LogP contribution in [-0.4, -0.2) is 12.5 Å². The number of rotatable bonds is 5. The van der Waals surface area contributed by atoms with Gasteiger partial charge < -0.3 is 10.1 Å². The second kappa shape index (κ2) is 7.47. The number of benzene rings is 3. The fourth-order valence-electron chi connectivity index (χ4n) is 2.42. The van der Waals surface area contributed by atoms with Crippen molar-refractivity contribution < 1.29 is 9.53 Å². The van der Waals surface area contributed by atoms with Gasteiger partial charge in [0, 0.05) is 5.69 Å². The Morgan fingerprint density at radius 1 is 0.833 bits per heavy atom. The number of amides is 1. The van der Waals surface area contributed by atoms with Gasteiger partial charge in [-0.2, -0.15) is 0 Å². The van der Waals surface area contributed by atoms with Gasteiger partial charge in [-0.25, -0.2) is 0 Å². The Morgan fingerprint density at radius 2 is 1.46 bits per heavy atom. The lowest BCUT2D eigenvalue weighted by Gasteiger charge is -2.10. The van der Waals surface area contributed by atoms with E-state index in [0.29, 0.717) is 5.75 Å². The monoisotopic (exact) mass is 317 g/mol. The first-order valence-electron chi connectivity index (χ1n) is 7.86. The van der Waals surface area contributed by atoms with Crippen LogP contribution in [0.25, 0.3) is 11.1 Å². The fourth-order valence-corrected chi connectivity index (χ4v) is 2.42. The molecule has 0 atom stereocenters. The van der Waals surface area contributed by atoms with Crippen molar-refractivity contribution in [3.63, 3.8) is 0 Å². The molecule has 24 heavy (non-hydrogen) atoms. The van der Waals surface area contributed by atoms with Crippen LogP contribution in [0.5, 0.6) is 5.75 Å². The van der Waals surface area contributed by atoms with Crippen LogP contribution in [0.15, 0.2) is 78.9 Å². The highest BCUT2D eigenvalue weighted by molar-refractivity contribution is 5.92. The summed E-state index contributed by atoms with van der Waals surface area (Å²) in [5, 5.41) is 2.85. The zero-order chi connectivity index (χ0) is 16.8. The second-order valence-corrected chi connectivity index (χ2v) is 5.54. The number of aryl methyl sites for hydroxylation is 1. The van der Waals surface area contributed by atoms with Crippen molar-refractivity contribution >= 4 is 11.6 Å². The smallest absolute Gasteiger partial charge is 0.262 e. The first-order chi connectivity index (χ1) is 11.7. The molecule has 0 fully saturated rings. The summed E-state index contributed by atoms with van der Waals surface area (Å²) in [5.41, 5.74) is 4.11. The second-order valence-electron chi connectivity index (χ2n) is 5.54. The van der Waals surface area contributed by atoms with Crippen LogP contribution in [0.4, 0.5) is 5.69 Å². The maximum absolute atomic E-state index is 12.0. The van der Waals surface area contributed by atoms with E-state index in [2.05, 4.69) is 17.4 Å². The van der Waals surface area contributed by atoms with Crippen molar-refractivity contribution in [2.24, 2.45) is 0 Å². The van der Waals surface area contributed by atoms with Gasteiger partial charge in [0.25, 0.3) is 5.91 Å². The van der Waals surface area contributed by atoms with E-state index >= 15 is 0 Å². The van der Waals surface area contributed by atoms with Crippen LogP contribution in [0.3, 0.4) is 0 Å². The lowest BCUT2D eigenvalue weighted by atomic mass is 10.1. The molecule has 0 saturated heterocycles. The minimum absolute atomic E-state index is 0.0149. The van der Waals surface area contributed by atoms with Crippen molar-refractivity contribution in [1.29, 1.82) is 0 Å². The molecule has 1 amide bonds. The standard InChI is InChI=1S/C21H19NO2/c1-16-7-5-6-10-20(16)22-21(23)15-24-19-13-11-18(12-14-19)17-8-3-2-4-9-17/h2-14H,15H2,1H3,(H,22,23). The highest BCUT2D eigenvalue weighted by Gasteiger charge is 2.05. The van der Waals surface area contributed by atoms with E-state index in [1.54, 1.807) is 0 Å². The minimum Gasteiger partial charge on any atom is -0.484 e. The van der Waals surface area contributed by atoms with Crippen LogP contribution in [-0.2, 0) is 4.79 Å². The van der Waals surface area contributed by atoms with Gasteiger partial charge in [0.05, 0.1) is 0 Å².